The summed E-state index contributed by atoms with van der Waals surface area (Å²) < 4.78 is 1.62. The van der Waals surface area contributed by atoms with Crippen molar-refractivity contribution in [3.8, 4) is 0 Å². The molecule has 1 aliphatic carbocycles. The van der Waals surface area contributed by atoms with Gasteiger partial charge in [0.15, 0.2) is 5.65 Å². The molecule has 0 spiro atoms. The second kappa shape index (κ2) is 7.98. The van der Waals surface area contributed by atoms with Gasteiger partial charge < -0.3 is 10.2 Å². The molecule has 0 radical (unpaired) electrons. The fourth-order valence-electron chi connectivity index (χ4n) is 3.60. The molecule has 26 heavy (non-hydrogen) atoms. The van der Waals surface area contributed by atoms with E-state index in [0.717, 1.165) is 37.9 Å². The van der Waals surface area contributed by atoms with Gasteiger partial charge in [0.1, 0.15) is 0 Å². The Hall–Kier alpha value is -1.57. The maximum atomic E-state index is 13.1. The zero-order chi connectivity index (χ0) is 16.8. The Kier molecular flexibility index (Phi) is 6.37. The first-order valence-electron chi connectivity index (χ1n) is 8.64. The molecule has 1 atom stereocenters. The van der Waals surface area contributed by atoms with Crippen molar-refractivity contribution in [2.24, 2.45) is 7.05 Å². The maximum Gasteiger partial charge on any atom is 0.274 e. The van der Waals surface area contributed by atoms with Crippen LogP contribution in [-0.4, -0.2) is 51.8 Å². The van der Waals surface area contributed by atoms with Crippen LogP contribution in [-0.2, 0) is 7.05 Å². The predicted molar refractivity (Wildman–Crippen MR) is 106 cm³/mol. The van der Waals surface area contributed by atoms with Crippen molar-refractivity contribution in [1.82, 2.24) is 25.0 Å². The van der Waals surface area contributed by atoms with Gasteiger partial charge in [-0.1, -0.05) is 0 Å². The number of likely N-dealkylation sites (tertiary alicyclic amines) is 1. The number of aryl methyl sites for hydroxylation is 1. The van der Waals surface area contributed by atoms with Crippen LogP contribution in [0.4, 0.5) is 0 Å². The zero-order valence-corrected chi connectivity index (χ0v) is 16.6. The number of amides is 1. The first kappa shape index (κ1) is 20.7. The average Bonchev–Trinajstić information content (AvgIpc) is 3.41. The summed E-state index contributed by atoms with van der Waals surface area (Å²) in [6.45, 7) is 1.42. The van der Waals surface area contributed by atoms with Crippen LogP contribution in [0.5, 0.6) is 0 Å². The van der Waals surface area contributed by atoms with E-state index < -0.39 is 0 Å². The van der Waals surface area contributed by atoms with E-state index in [4.69, 9.17) is 0 Å². The fourth-order valence-corrected chi connectivity index (χ4v) is 3.60. The van der Waals surface area contributed by atoms with Crippen LogP contribution in [0.15, 0.2) is 10.9 Å². The number of fused-ring (bicyclic) bond motifs is 1. The lowest BCUT2D eigenvalue weighted by atomic mass is 10.0. The van der Waals surface area contributed by atoms with E-state index in [9.17, 15) is 9.59 Å². The molecule has 1 unspecified atom stereocenters. The van der Waals surface area contributed by atoms with Crippen molar-refractivity contribution in [3.63, 3.8) is 0 Å². The van der Waals surface area contributed by atoms with Crippen LogP contribution >= 0.6 is 24.8 Å². The van der Waals surface area contributed by atoms with Gasteiger partial charge in [0.25, 0.3) is 11.5 Å². The number of aromatic amines is 1. The molecular formula is C17H25Cl2N5O2. The van der Waals surface area contributed by atoms with E-state index in [-0.39, 0.29) is 36.3 Å². The molecule has 2 aromatic heterocycles. The number of aromatic nitrogens is 3. The summed E-state index contributed by atoms with van der Waals surface area (Å²) in [5, 5.41) is 6.41. The van der Waals surface area contributed by atoms with Crippen LogP contribution in [0.1, 0.15) is 47.7 Å². The summed E-state index contributed by atoms with van der Waals surface area (Å²) in [5.74, 6) is 0.373. The summed E-state index contributed by atoms with van der Waals surface area (Å²) in [6.07, 6.45) is 4.27. The fraction of sp³-hybridized carbons (Fsp3) is 0.588. The number of carbonyl (C=O) groups is 1. The van der Waals surface area contributed by atoms with Crippen molar-refractivity contribution in [3.05, 3.63) is 27.7 Å². The molecule has 4 rings (SSSR count). The smallest absolute Gasteiger partial charge is 0.274 e. The second-order valence-electron chi connectivity index (χ2n) is 6.95. The molecule has 1 saturated carbocycles. The van der Waals surface area contributed by atoms with Gasteiger partial charge in [-0.3, -0.25) is 19.4 Å². The number of halogens is 2. The van der Waals surface area contributed by atoms with Crippen molar-refractivity contribution >= 4 is 41.8 Å². The maximum absolute atomic E-state index is 13.1. The van der Waals surface area contributed by atoms with Crippen LogP contribution < -0.4 is 10.9 Å². The minimum atomic E-state index is -0.243. The standard InChI is InChI=1S/C17H23N5O2.2ClH/c1-18-11-4-3-7-22(9-11)17(24)12-8-13(10-5-6-10)19-15-14(12)16(23)20-21(15)2;;/h8,10-11,18H,3-7,9H2,1-2H3,(H,20,23);2*1H. The van der Waals surface area contributed by atoms with Crippen molar-refractivity contribution in [1.29, 1.82) is 0 Å². The highest BCUT2D eigenvalue weighted by atomic mass is 35.5. The summed E-state index contributed by atoms with van der Waals surface area (Å²) in [6, 6.07) is 2.16. The molecule has 2 aliphatic rings. The quantitative estimate of drug-likeness (QED) is 0.821. The number of piperidine rings is 1. The number of carbonyl (C=O) groups excluding carboxylic acids is 1. The van der Waals surface area contributed by atoms with Crippen LogP contribution in [0.2, 0.25) is 0 Å². The Balaban J connectivity index is 0.00000121. The molecule has 144 valence electrons. The lowest BCUT2D eigenvalue weighted by molar-refractivity contribution is 0.0700. The Labute approximate surface area is 164 Å². The van der Waals surface area contributed by atoms with Gasteiger partial charge in [0.2, 0.25) is 0 Å². The van der Waals surface area contributed by atoms with Crippen molar-refractivity contribution < 1.29 is 4.79 Å². The van der Waals surface area contributed by atoms with Crippen LogP contribution in [0.25, 0.3) is 11.0 Å². The number of hydrogen-bond donors (Lipinski definition) is 2. The van der Waals surface area contributed by atoms with Gasteiger partial charge in [0.05, 0.1) is 10.9 Å². The third-order valence-electron chi connectivity index (χ3n) is 5.18. The minimum Gasteiger partial charge on any atom is -0.337 e. The van der Waals surface area contributed by atoms with Crippen LogP contribution in [0.3, 0.4) is 0 Å². The molecule has 1 aliphatic heterocycles. The molecule has 2 N–H and O–H groups in total. The Morgan fingerprint density at radius 1 is 1.31 bits per heavy atom. The number of nitrogens with zero attached hydrogens (tertiary/aromatic N) is 3. The van der Waals surface area contributed by atoms with E-state index in [1.54, 1.807) is 11.7 Å². The zero-order valence-electron chi connectivity index (χ0n) is 14.9. The molecule has 7 nitrogen and oxygen atoms in total. The van der Waals surface area contributed by atoms with E-state index in [2.05, 4.69) is 15.4 Å². The molecule has 3 heterocycles. The van der Waals surface area contributed by atoms with E-state index >= 15 is 0 Å². The topological polar surface area (TPSA) is 83.0 Å². The number of likely N-dealkylation sites (N-methyl/N-ethyl adjacent to an activating group) is 1. The first-order chi connectivity index (χ1) is 11.6. The van der Waals surface area contributed by atoms with Gasteiger partial charge in [-0.15, -0.1) is 24.8 Å². The molecule has 0 bridgehead atoms. The number of hydrogen-bond acceptors (Lipinski definition) is 4. The highest BCUT2D eigenvalue weighted by Crippen LogP contribution is 2.40. The van der Waals surface area contributed by atoms with Gasteiger partial charge in [0, 0.05) is 37.8 Å². The van der Waals surface area contributed by atoms with Crippen molar-refractivity contribution in [2.75, 3.05) is 20.1 Å². The van der Waals surface area contributed by atoms with E-state index in [0.29, 0.717) is 35.1 Å². The normalized spacial score (nSPS) is 19.8. The molecule has 1 amide bonds. The Morgan fingerprint density at radius 2 is 2.04 bits per heavy atom. The molecular weight excluding hydrogens is 377 g/mol. The lowest BCUT2D eigenvalue weighted by Gasteiger charge is -2.32. The molecule has 2 aromatic rings. The second-order valence-corrected chi connectivity index (χ2v) is 6.95. The van der Waals surface area contributed by atoms with Gasteiger partial charge in [-0.05, 0) is 38.8 Å². The van der Waals surface area contributed by atoms with Gasteiger partial charge in [-0.2, -0.15) is 0 Å². The third-order valence-corrected chi connectivity index (χ3v) is 5.18. The summed E-state index contributed by atoms with van der Waals surface area (Å²) in [7, 11) is 3.69. The summed E-state index contributed by atoms with van der Waals surface area (Å²) in [5.41, 5.74) is 1.77. The van der Waals surface area contributed by atoms with Gasteiger partial charge in [-0.25, -0.2) is 4.98 Å². The Bertz CT molecular complexity index is 859. The number of H-pyrrole nitrogens is 1. The average molecular weight is 402 g/mol. The SMILES string of the molecule is CNC1CCCN(C(=O)c2cc(C3CC3)nc3c2c(=O)[nH]n3C)C1.Cl.Cl. The van der Waals surface area contributed by atoms with E-state index in [1.807, 2.05) is 18.0 Å². The molecule has 9 heteroatoms. The molecule has 1 saturated heterocycles. The number of pyridine rings is 1. The highest BCUT2D eigenvalue weighted by Gasteiger charge is 2.31. The minimum absolute atomic E-state index is 0. The number of nitrogens with one attached hydrogen (secondary N) is 2. The predicted octanol–water partition coefficient (Wildman–Crippen LogP) is 1.81. The first-order valence-corrected chi connectivity index (χ1v) is 8.64. The molecule has 0 aromatic carbocycles. The summed E-state index contributed by atoms with van der Waals surface area (Å²) >= 11 is 0. The lowest BCUT2D eigenvalue weighted by Crippen LogP contribution is -2.47. The summed E-state index contributed by atoms with van der Waals surface area (Å²) in [4.78, 5) is 32.0. The highest BCUT2D eigenvalue weighted by molar-refractivity contribution is 6.05. The van der Waals surface area contributed by atoms with Crippen LogP contribution in [0, 0.1) is 0 Å². The Morgan fingerprint density at radius 3 is 2.69 bits per heavy atom. The van der Waals surface area contributed by atoms with Gasteiger partial charge >= 0.3 is 0 Å². The third kappa shape index (κ3) is 3.61. The largest absolute Gasteiger partial charge is 0.337 e. The van der Waals surface area contributed by atoms with Crippen molar-refractivity contribution in [2.45, 2.75) is 37.6 Å². The molecule has 2 fully saturated rings. The number of rotatable bonds is 3. The van der Waals surface area contributed by atoms with E-state index in [1.165, 1.54) is 0 Å². The monoisotopic (exact) mass is 401 g/mol.